The largest absolute Gasteiger partial charge is 0.310 e. The first-order chi connectivity index (χ1) is 12.1. The third kappa shape index (κ3) is 2.00. The van der Waals surface area contributed by atoms with Gasteiger partial charge in [-0.3, -0.25) is 14.6 Å². The molecule has 6 heteroatoms. The molecule has 3 heterocycles. The Morgan fingerprint density at radius 2 is 2.00 bits per heavy atom. The van der Waals surface area contributed by atoms with Gasteiger partial charge in [0, 0.05) is 7.05 Å². The number of aryl methyl sites for hydroxylation is 1. The van der Waals surface area contributed by atoms with Gasteiger partial charge >= 0.3 is 0 Å². The van der Waals surface area contributed by atoms with E-state index in [1.807, 2.05) is 32.2 Å². The summed E-state index contributed by atoms with van der Waals surface area (Å²) in [5.74, 6) is 2.54. The molecule has 1 aromatic heterocycles. The molecular formula is C19H21N5O. The normalized spacial score (nSPS) is 24.2. The van der Waals surface area contributed by atoms with Gasteiger partial charge in [0.25, 0.3) is 5.91 Å². The van der Waals surface area contributed by atoms with Crippen LogP contribution in [0.3, 0.4) is 0 Å². The highest BCUT2D eigenvalue weighted by atomic mass is 16.2. The second-order valence-corrected chi connectivity index (χ2v) is 7.13. The predicted molar refractivity (Wildman–Crippen MR) is 95.9 cm³/mol. The van der Waals surface area contributed by atoms with Gasteiger partial charge in [0.2, 0.25) is 5.96 Å². The van der Waals surface area contributed by atoms with E-state index < -0.39 is 0 Å². The molecule has 1 aliphatic carbocycles. The SMILES string of the molecule is Cc1nc2c(n1Cc1ccccc1)N1C(=N[C@@H]3CCC[C@@H]31)N(C)C2=O. The number of hydrogen-bond donors (Lipinski definition) is 0. The minimum atomic E-state index is -0.0557. The van der Waals surface area contributed by atoms with Crippen LogP contribution in [0, 0.1) is 6.92 Å². The Labute approximate surface area is 146 Å². The Kier molecular flexibility index (Phi) is 3.04. The van der Waals surface area contributed by atoms with Crippen LogP contribution in [0.15, 0.2) is 35.3 Å². The molecule has 0 spiro atoms. The fourth-order valence-corrected chi connectivity index (χ4v) is 4.38. The molecule has 0 bridgehead atoms. The van der Waals surface area contributed by atoms with Crippen LogP contribution in [0.25, 0.3) is 0 Å². The number of amides is 1. The maximum atomic E-state index is 12.8. The molecule has 2 aromatic rings. The summed E-state index contributed by atoms with van der Waals surface area (Å²) in [4.78, 5) is 26.3. The standard InChI is InChI=1S/C19H21N5O/c1-12-20-16-17(23(12)11-13-7-4-3-5-8-13)24-15-10-6-9-14(15)21-19(24)22(2)18(16)25/h3-5,7-8,14-15H,6,9-11H2,1-2H3/t14-,15+/m1/s1. The number of carbonyl (C=O) groups is 1. The average molecular weight is 335 g/mol. The van der Waals surface area contributed by atoms with Crippen LogP contribution in [0.1, 0.15) is 41.1 Å². The number of nitrogens with zero attached hydrogens (tertiary/aromatic N) is 5. The summed E-state index contributed by atoms with van der Waals surface area (Å²) in [6, 6.07) is 11.0. The molecular weight excluding hydrogens is 314 g/mol. The van der Waals surface area contributed by atoms with Crippen molar-refractivity contribution < 1.29 is 4.79 Å². The molecule has 25 heavy (non-hydrogen) atoms. The number of guanidine groups is 1. The van der Waals surface area contributed by atoms with Gasteiger partial charge in [-0.2, -0.15) is 0 Å². The van der Waals surface area contributed by atoms with Gasteiger partial charge < -0.3 is 4.57 Å². The van der Waals surface area contributed by atoms with Crippen LogP contribution >= 0.6 is 0 Å². The second-order valence-electron chi connectivity index (χ2n) is 7.13. The van der Waals surface area contributed by atoms with E-state index in [9.17, 15) is 4.79 Å². The summed E-state index contributed by atoms with van der Waals surface area (Å²) in [5.41, 5.74) is 1.76. The third-order valence-corrected chi connectivity index (χ3v) is 5.62. The maximum Gasteiger partial charge on any atom is 0.282 e. The van der Waals surface area contributed by atoms with Crippen molar-refractivity contribution in [3.8, 4) is 0 Å². The first kappa shape index (κ1) is 14.7. The molecule has 0 radical (unpaired) electrons. The predicted octanol–water partition coefficient (Wildman–Crippen LogP) is 2.42. The van der Waals surface area contributed by atoms with Crippen molar-refractivity contribution in [3.63, 3.8) is 0 Å². The lowest BCUT2D eigenvalue weighted by Crippen LogP contribution is -2.52. The van der Waals surface area contributed by atoms with Crippen molar-refractivity contribution in [3.05, 3.63) is 47.4 Å². The van der Waals surface area contributed by atoms with Gasteiger partial charge in [0.1, 0.15) is 11.6 Å². The number of benzene rings is 1. The molecule has 3 aliphatic rings. The van der Waals surface area contributed by atoms with E-state index in [0.29, 0.717) is 24.3 Å². The Bertz CT molecular complexity index is 885. The van der Waals surface area contributed by atoms with Crippen LogP contribution in [0.4, 0.5) is 5.82 Å². The Hall–Kier alpha value is -2.63. The van der Waals surface area contributed by atoms with E-state index in [0.717, 1.165) is 30.4 Å². The number of aromatic nitrogens is 2. The Morgan fingerprint density at radius 3 is 2.80 bits per heavy atom. The monoisotopic (exact) mass is 335 g/mol. The van der Waals surface area contributed by atoms with Crippen LogP contribution < -0.4 is 4.90 Å². The molecule has 1 fully saturated rings. The molecule has 1 saturated carbocycles. The lowest BCUT2D eigenvalue weighted by atomic mass is 10.1. The number of fused-ring (bicyclic) bond motifs is 5. The van der Waals surface area contributed by atoms with E-state index in [1.54, 1.807) is 4.90 Å². The van der Waals surface area contributed by atoms with Gasteiger partial charge in [-0.1, -0.05) is 30.3 Å². The zero-order chi connectivity index (χ0) is 17.1. The Balaban J connectivity index is 1.66. The highest BCUT2D eigenvalue weighted by Crippen LogP contribution is 2.41. The smallest absolute Gasteiger partial charge is 0.282 e. The lowest BCUT2D eigenvalue weighted by Gasteiger charge is -2.35. The molecule has 0 N–H and O–H groups in total. The minimum absolute atomic E-state index is 0.0557. The van der Waals surface area contributed by atoms with E-state index in [2.05, 4.69) is 26.6 Å². The number of rotatable bonds is 2. The van der Waals surface area contributed by atoms with Crippen molar-refractivity contribution >= 4 is 17.7 Å². The summed E-state index contributed by atoms with van der Waals surface area (Å²) in [6.07, 6.45) is 3.42. The highest BCUT2D eigenvalue weighted by Gasteiger charge is 2.48. The van der Waals surface area contributed by atoms with Crippen molar-refractivity contribution in [1.29, 1.82) is 0 Å². The number of hydrogen-bond acceptors (Lipinski definition) is 4. The van der Waals surface area contributed by atoms with E-state index >= 15 is 0 Å². The third-order valence-electron chi connectivity index (χ3n) is 5.62. The van der Waals surface area contributed by atoms with Crippen LogP contribution in [-0.4, -0.2) is 45.4 Å². The molecule has 6 nitrogen and oxygen atoms in total. The maximum absolute atomic E-state index is 12.8. The number of imidazole rings is 1. The highest BCUT2D eigenvalue weighted by molar-refractivity contribution is 6.18. The van der Waals surface area contributed by atoms with Crippen LogP contribution in [0.2, 0.25) is 0 Å². The fourth-order valence-electron chi connectivity index (χ4n) is 4.38. The molecule has 0 unspecified atom stereocenters. The zero-order valence-corrected chi connectivity index (χ0v) is 14.5. The number of aliphatic imine (C=N–C) groups is 1. The lowest BCUT2D eigenvalue weighted by molar-refractivity contribution is 0.0859. The van der Waals surface area contributed by atoms with Gasteiger partial charge in [-0.05, 0) is 31.7 Å². The summed E-state index contributed by atoms with van der Waals surface area (Å²) < 4.78 is 2.17. The first-order valence-corrected chi connectivity index (χ1v) is 8.91. The fraction of sp³-hybridized carbons (Fsp3) is 0.421. The minimum Gasteiger partial charge on any atom is -0.310 e. The molecule has 2 aliphatic heterocycles. The van der Waals surface area contributed by atoms with Crippen molar-refractivity contribution in [2.24, 2.45) is 4.99 Å². The molecule has 1 amide bonds. The molecule has 2 atom stereocenters. The zero-order valence-electron chi connectivity index (χ0n) is 14.5. The second kappa shape index (κ2) is 5.18. The van der Waals surface area contributed by atoms with Crippen molar-refractivity contribution in [2.75, 3.05) is 11.9 Å². The molecule has 1 aromatic carbocycles. The number of carbonyl (C=O) groups excluding carboxylic acids is 1. The van der Waals surface area contributed by atoms with Crippen LogP contribution in [0.5, 0.6) is 0 Å². The summed E-state index contributed by atoms with van der Waals surface area (Å²) in [6.45, 7) is 2.70. The average Bonchev–Trinajstić information content (AvgIpc) is 3.28. The quantitative estimate of drug-likeness (QED) is 0.847. The molecule has 5 rings (SSSR count). The summed E-state index contributed by atoms with van der Waals surface area (Å²) >= 11 is 0. The van der Waals surface area contributed by atoms with E-state index in [4.69, 9.17) is 4.99 Å². The van der Waals surface area contributed by atoms with E-state index in [-0.39, 0.29) is 5.91 Å². The van der Waals surface area contributed by atoms with E-state index in [1.165, 1.54) is 12.0 Å². The number of anilines is 1. The van der Waals surface area contributed by atoms with Gasteiger partial charge in [0.15, 0.2) is 5.69 Å². The summed E-state index contributed by atoms with van der Waals surface area (Å²) in [7, 11) is 1.81. The van der Waals surface area contributed by atoms with Gasteiger partial charge in [0.05, 0.1) is 18.6 Å². The van der Waals surface area contributed by atoms with Crippen molar-refractivity contribution in [1.82, 2.24) is 14.5 Å². The Morgan fingerprint density at radius 1 is 1.20 bits per heavy atom. The summed E-state index contributed by atoms with van der Waals surface area (Å²) in [5, 5.41) is 0. The van der Waals surface area contributed by atoms with Gasteiger partial charge in [-0.15, -0.1) is 0 Å². The van der Waals surface area contributed by atoms with Gasteiger partial charge in [-0.25, -0.2) is 9.98 Å². The topological polar surface area (TPSA) is 53.7 Å². The van der Waals surface area contributed by atoms with Crippen LogP contribution in [-0.2, 0) is 6.54 Å². The first-order valence-electron chi connectivity index (χ1n) is 8.91. The van der Waals surface area contributed by atoms with Crippen molar-refractivity contribution in [2.45, 2.75) is 44.8 Å². The molecule has 128 valence electrons. The molecule has 0 saturated heterocycles.